The molecule has 2 rings (SSSR count). The molecule has 2 fully saturated rings. The number of carbonyl (C=O) groups is 1. The van der Waals surface area contributed by atoms with Crippen molar-refractivity contribution in [2.45, 2.75) is 63.2 Å². The summed E-state index contributed by atoms with van der Waals surface area (Å²) in [6.07, 6.45) is 8.94. The summed E-state index contributed by atoms with van der Waals surface area (Å²) in [5.41, 5.74) is 0. The van der Waals surface area contributed by atoms with Crippen molar-refractivity contribution in [2.75, 3.05) is 33.9 Å². The molecule has 1 saturated heterocycles. The Morgan fingerprint density at radius 1 is 1.19 bits per heavy atom. The lowest BCUT2D eigenvalue weighted by molar-refractivity contribution is -0.125. The Labute approximate surface area is 128 Å². The molecular weight excluding hydrogens is 268 g/mol. The standard InChI is InChI=1S/C16H30N2O3/c1-18-12-14(20-2)11-15(18)16(19)17-9-10-21-13-7-5-3-4-6-8-13/h13-15H,3-12H2,1-2H3,(H,17,19)/t14-,15-/m0/s1. The number of likely N-dealkylation sites (tertiary alicyclic amines) is 1. The van der Waals surface area contributed by atoms with Gasteiger partial charge in [-0.25, -0.2) is 0 Å². The molecule has 0 aromatic heterocycles. The zero-order chi connectivity index (χ0) is 15.1. The van der Waals surface area contributed by atoms with Crippen LogP contribution >= 0.6 is 0 Å². The molecule has 21 heavy (non-hydrogen) atoms. The number of rotatable bonds is 6. The van der Waals surface area contributed by atoms with Gasteiger partial charge in [0, 0.05) is 20.2 Å². The Balaban J connectivity index is 1.60. The molecule has 0 radical (unpaired) electrons. The van der Waals surface area contributed by atoms with Crippen molar-refractivity contribution >= 4 is 5.91 Å². The minimum atomic E-state index is -0.0622. The number of amides is 1. The summed E-state index contributed by atoms with van der Waals surface area (Å²) in [6.45, 7) is 2.06. The van der Waals surface area contributed by atoms with E-state index in [1.807, 2.05) is 7.05 Å². The van der Waals surface area contributed by atoms with Crippen LogP contribution in [0.2, 0.25) is 0 Å². The van der Waals surface area contributed by atoms with Gasteiger partial charge >= 0.3 is 0 Å². The Bertz CT molecular complexity index is 317. The number of hydrogen-bond acceptors (Lipinski definition) is 4. The quantitative estimate of drug-likeness (QED) is 0.597. The van der Waals surface area contributed by atoms with Crippen molar-refractivity contribution in [2.24, 2.45) is 0 Å². The van der Waals surface area contributed by atoms with Crippen molar-refractivity contribution in [3.05, 3.63) is 0 Å². The first-order valence-electron chi connectivity index (χ1n) is 8.33. The van der Waals surface area contributed by atoms with E-state index in [2.05, 4.69) is 10.2 Å². The van der Waals surface area contributed by atoms with Crippen LogP contribution < -0.4 is 5.32 Å². The van der Waals surface area contributed by atoms with Crippen molar-refractivity contribution < 1.29 is 14.3 Å². The van der Waals surface area contributed by atoms with Gasteiger partial charge in [0.2, 0.25) is 5.91 Å². The zero-order valence-corrected chi connectivity index (χ0v) is 13.5. The van der Waals surface area contributed by atoms with Crippen LogP contribution in [0.1, 0.15) is 44.9 Å². The van der Waals surface area contributed by atoms with Crippen LogP contribution in [0.15, 0.2) is 0 Å². The fraction of sp³-hybridized carbons (Fsp3) is 0.938. The predicted molar refractivity (Wildman–Crippen MR) is 82.3 cm³/mol. The smallest absolute Gasteiger partial charge is 0.237 e. The second kappa shape index (κ2) is 8.71. The highest BCUT2D eigenvalue weighted by molar-refractivity contribution is 5.82. The van der Waals surface area contributed by atoms with Gasteiger partial charge in [-0.3, -0.25) is 9.69 Å². The Hall–Kier alpha value is -0.650. The molecule has 0 aromatic rings. The largest absolute Gasteiger partial charge is 0.380 e. The topological polar surface area (TPSA) is 50.8 Å². The maximum absolute atomic E-state index is 12.2. The van der Waals surface area contributed by atoms with Crippen LogP contribution in [-0.4, -0.2) is 62.9 Å². The normalized spacial score (nSPS) is 28.5. The van der Waals surface area contributed by atoms with Crippen LogP contribution in [0, 0.1) is 0 Å². The highest BCUT2D eigenvalue weighted by Crippen LogP contribution is 2.20. The molecule has 0 unspecified atom stereocenters. The average Bonchev–Trinajstić information content (AvgIpc) is 2.70. The molecule has 1 amide bonds. The molecule has 1 heterocycles. The molecular formula is C16H30N2O3. The van der Waals surface area contributed by atoms with E-state index in [9.17, 15) is 4.79 Å². The van der Waals surface area contributed by atoms with Gasteiger partial charge < -0.3 is 14.8 Å². The first-order valence-corrected chi connectivity index (χ1v) is 8.33. The number of hydrogen-bond donors (Lipinski definition) is 1. The van der Waals surface area contributed by atoms with E-state index >= 15 is 0 Å². The number of nitrogens with zero attached hydrogens (tertiary/aromatic N) is 1. The van der Waals surface area contributed by atoms with Gasteiger partial charge in [0.15, 0.2) is 0 Å². The molecule has 2 aliphatic rings. The third kappa shape index (κ3) is 5.24. The molecule has 5 heteroatoms. The maximum atomic E-state index is 12.2. The number of nitrogens with one attached hydrogen (secondary N) is 1. The molecule has 1 aliphatic carbocycles. The van der Waals surface area contributed by atoms with E-state index in [0.717, 1.165) is 13.0 Å². The van der Waals surface area contributed by atoms with Gasteiger partial charge in [-0.15, -0.1) is 0 Å². The highest BCUT2D eigenvalue weighted by atomic mass is 16.5. The monoisotopic (exact) mass is 298 g/mol. The summed E-state index contributed by atoms with van der Waals surface area (Å²) in [5.74, 6) is 0.0986. The molecule has 122 valence electrons. The van der Waals surface area contributed by atoms with Crippen molar-refractivity contribution in [3.8, 4) is 0 Å². The van der Waals surface area contributed by atoms with E-state index in [1.165, 1.54) is 38.5 Å². The summed E-state index contributed by atoms with van der Waals surface area (Å²) in [6, 6.07) is -0.0622. The number of ether oxygens (including phenoxy) is 2. The first-order chi connectivity index (χ1) is 10.2. The second-order valence-electron chi connectivity index (χ2n) is 6.32. The number of likely N-dealkylation sites (N-methyl/N-ethyl adjacent to an activating group) is 1. The SMILES string of the molecule is CO[C@H]1C[C@@H](C(=O)NCCOC2CCCCCC2)N(C)C1. The van der Waals surface area contributed by atoms with Gasteiger partial charge in [-0.05, 0) is 26.3 Å². The van der Waals surface area contributed by atoms with Crippen LogP contribution in [0.3, 0.4) is 0 Å². The lowest BCUT2D eigenvalue weighted by Crippen LogP contribution is -2.42. The van der Waals surface area contributed by atoms with E-state index in [1.54, 1.807) is 7.11 Å². The van der Waals surface area contributed by atoms with E-state index in [4.69, 9.17) is 9.47 Å². The molecule has 2 atom stereocenters. The van der Waals surface area contributed by atoms with E-state index < -0.39 is 0 Å². The molecule has 0 aromatic carbocycles. The summed E-state index contributed by atoms with van der Waals surface area (Å²) < 4.78 is 11.2. The van der Waals surface area contributed by atoms with Crippen molar-refractivity contribution in [1.82, 2.24) is 10.2 Å². The second-order valence-corrected chi connectivity index (χ2v) is 6.32. The number of methoxy groups -OCH3 is 1. The molecule has 1 N–H and O–H groups in total. The summed E-state index contributed by atoms with van der Waals surface area (Å²) in [7, 11) is 3.69. The fourth-order valence-electron chi connectivity index (χ4n) is 3.36. The number of carbonyl (C=O) groups excluding carboxylic acids is 1. The average molecular weight is 298 g/mol. The lowest BCUT2D eigenvalue weighted by Gasteiger charge is -2.19. The van der Waals surface area contributed by atoms with Crippen LogP contribution in [0.5, 0.6) is 0 Å². The third-order valence-corrected chi connectivity index (χ3v) is 4.70. The van der Waals surface area contributed by atoms with Crippen LogP contribution in [0.25, 0.3) is 0 Å². The van der Waals surface area contributed by atoms with Gasteiger partial charge in [0.25, 0.3) is 0 Å². The molecule has 0 spiro atoms. The maximum Gasteiger partial charge on any atom is 0.237 e. The highest BCUT2D eigenvalue weighted by Gasteiger charge is 2.34. The van der Waals surface area contributed by atoms with Gasteiger partial charge in [0.05, 0.1) is 24.9 Å². The minimum absolute atomic E-state index is 0.0622. The summed E-state index contributed by atoms with van der Waals surface area (Å²) in [5, 5.41) is 2.99. The van der Waals surface area contributed by atoms with E-state index in [0.29, 0.717) is 19.3 Å². The van der Waals surface area contributed by atoms with Gasteiger partial charge in [-0.2, -0.15) is 0 Å². The minimum Gasteiger partial charge on any atom is -0.380 e. The predicted octanol–water partition coefficient (Wildman–Crippen LogP) is 1.56. The van der Waals surface area contributed by atoms with Crippen LogP contribution in [-0.2, 0) is 14.3 Å². The van der Waals surface area contributed by atoms with E-state index in [-0.39, 0.29) is 18.1 Å². The molecule has 0 bridgehead atoms. The lowest BCUT2D eigenvalue weighted by atomic mass is 10.1. The zero-order valence-electron chi connectivity index (χ0n) is 13.5. The van der Waals surface area contributed by atoms with Gasteiger partial charge in [-0.1, -0.05) is 25.7 Å². The van der Waals surface area contributed by atoms with Crippen LogP contribution in [0.4, 0.5) is 0 Å². The third-order valence-electron chi connectivity index (χ3n) is 4.70. The summed E-state index contributed by atoms with van der Waals surface area (Å²) in [4.78, 5) is 14.2. The molecule has 1 aliphatic heterocycles. The Morgan fingerprint density at radius 2 is 1.90 bits per heavy atom. The molecule has 5 nitrogen and oxygen atoms in total. The van der Waals surface area contributed by atoms with Gasteiger partial charge in [0.1, 0.15) is 0 Å². The Morgan fingerprint density at radius 3 is 2.52 bits per heavy atom. The fourth-order valence-corrected chi connectivity index (χ4v) is 3.36. The molecule has 1 saturated carbocycles. The Kier molecular flexibility index (Phi) is 6.93. The first kappa shape index (κ1) is 16.7. The van der Waals surface area contributed by atoms with Crippen molar-refractivity contribution in [1.29, 1.82) is 0 Å². The van der Waals surface area contributed by atoms with Crippen molar-refractivity contribution in [3.63, 3.8) is 0 Å². The summed E-state index contributed by atoms with van der Waals surface area (Å²) >= 11 is 0.